The summed E-state index contributed by atoms with van der Waals surface area (Å²) >= 11 is 0. The summed E-state index contributed by atoms with van der Waals surface area (Å²) in [5.74, 6) is 0. The molecule has 0 aliphatic rings. The van der Waals surface area contributed by atoms with E-state index in [4.69, 9.17) is 15.0 Å². The van der Waals surface area contributed by atoms with Gasteiger partial charge in [-0.05, 0) is 62.6 Å². The zero-order valence-electron chi connectivity index (χ0n) is 17.5. The molecule has 0 saturated carbocycles. The number of rotatable bonds is 3. The van der Waals surface area contributed by atoms with Gasteiger partial charge in [-0.15, -0.1) is 0 Å². The van der Waals surface area contributed by atoms with Crippen LogP contribution in [-0.2, 0) is 0 Å². The van der Waals surface area contributed by atoms with Crippen molar-refractivity contribution in [3.05, 3.63) is 70.3 Å². The Kier molecular flexibility index (Phi) is 4.17. The van der Waals surface area contributed by atoms with Gasteiger partial charge < -0.3 is 0 Å². The van der Waals surface area contributed by atoms with E-state index in [1.54, 1.807) is 10.9 Å². The number of benzene rings is 2. The summed E-state index contributed by atoms with van der Waals surface area (Å²) in [5.41, 5.74) is 6.54. The van der Waals surface area contributed by atoms with Gasteiger partial charge in [-0.2, -0.15) is 0 Å². The molecular weight excluding hydrogens is 374 g/mol. The molecule has 0 fully saturated rings. The third kappa shape index (κ3) is 2.71. The summed E-state index contributed by atoms with van der Waals surface area (Å²) < 4.78 is 3.66. The quantitative estimate of drug-likeness (QED) is 0.436. The molecule has 3 aromatic heterocycles. The van der Waals surface area contributed by atoms with Crippen molar-refractivity contribution in [1.82, 2.24) is 24.1 Å². The average Bonchev–Trinajstić information content (AvgIpc) is 3.05. The Bertz CT molecular complexity index is 1470. The lowest BCUT2D eigenvalue weighted by Gasteiger charge is -2.12. The molecule has 0 aliphatic heterocycles. The van der Waals surface area contributed by atoms with Gasteiger partial charge in [-0.3, -0.25) is 13.9 Å². The van der Waals surface area contributed by atoms with Crippen molar-refractivity contribution in [2.75, 3.05) is 0 Å². The number of fused-ring (bicyclic) bond motifs is 4. The molecule has 0 radical (unpaired) electrons. The first-order chi connectivity index (χ1) is 14.5. The van der Waals surface area contributed by atoms with Crippen molar-refractivity contribution in [2.24, 2.45) is 0 Å². The molecule has 30 heavy (non-hydrogen) atoms. The first-order valence-corrected chi connectivity index (χ1v) is 10.2. The fourth-order valence-corrected chi connectivity index (χ4v) is 4.08. The molecule has 1 unspecified atom stereocenters. The van der Waals surface area contributed by atoms with E-state index in [9.17, 15) is 4.79 Å². The Morgan fingerprint density at radius 1 is 0.967 bits per heavy atom. The molecule has 1 atom stereocenters. The van der Waals surface area contributed by atoms with Crippen molar-refractivity contribution in [3.8, 4) is 5.69 Å². The molecule has 0 aliphatic carbocycles. The molecule has 0 saturated heterocycles. The molecule has 6 nitrogen and oxygen atoms in total. The van der Waals surface area contributed by atoms with Crippen molar-refractivity contribution in [2.45, 2.75) is 40.2 Å². The van der Waals surface area contributed by atoms with E-state index in [1.165, 1.54) is 0 Å². The van der Waals surface area contributed by atoms with Gasteiger partial charge in [0.05, 0.1) is 11.0 Å². The smallest absolute Gasteiger partial charge is 0.265 e. The minimum absolute atomic E-state index is 0.0578. The summed E-state index contributed by atoms with van der Waals surface area (Å²) in [4.78, 5) is 28.0. The van der Waals surface area contributed by atoms with Gasteiger partial charge in [0.15, 0.2) is 11.3 Å². The minimum atomic E-state index is -0.0768. The lowest BCUT2D eigenvalue weighted by Crippen LogP contribution is -2.23. The third-order valence-corrected chi connectivity index (χ3v) is 5.72. The van der Waals surface area contributed by atoms with Crippen LogP contribution in [0, 0.1) is 13.8 Å². The topological polar surface area (TPSA) is 65.6 Å². The van der Waals surface area contributed by atoms with E-state index < -0.39 is 0 Å². The second kappa shape index (κ2) is 6.76. The zero-order chi connectivity index (χ0) is 21.0. The first-order valence-electron chi connectivity index (χ1n) is 10.2. The molecule has 150 valence electrons. The largest absolute Gasteiger partial charge is 0.296 e. The van der Waals surface area contributed by atoms with E-state index in [-0.39, 0.29) is 11.6 Å². The predicted molar refractivity (Wildman–Crippen MR) is 120 cm³/mol. The summed E-state index contributed by atoms with van der Waals surface area (Å²) in [7, 11) is 0. The highest BCUT2D eigenvalue weighted by atomic mass is 16.1. The highest BCUT2D eigenvalue weighted by Gasteiger charge is 2.22. The Hall–Kier alpha value is -3.54. The monoisotopic (exact) mass is 397 g/mol. The molecule has 2 aromatic carbocycles. The second-order valence-corrected chi connectivity index (χ2v) is 7.98. The van der Waals surface area contributed by atoms with Crippen LogP contribution in [0.1, 0.15) is 37.4 Å². The molecule has 0 bridgehead atoms. The average molecular weight is 397 g/mol. The van der Waals surface area contributed by atoms with Gasteiger partial charge in [-0.25, -0.2) is 15.0 Å². The Morgan fingerprint density at radius 2 is 1.63 bits per heavy atom. The first kappa shape index (κ1) is 18.5. The van der Waals surface area contributed by atoms with Crippen molar-refractivity contribution < 1.29 is 0 Å². The molecule has 0 spiro atoms. The van der Waals surface area contributed by atoms with Gasteiger partial charge in [-0.1, -0.05) is 25.1 Å². The molecule has 5 rings (SSSR count). The number of hydrogen-bond donors (Lipinski definition) is 0. The summed E-state index contributed by atoms with van der Waals surface area (Å²) in [6.07, 6.45) is 2.49. The van der Waals surface area contributed by atoms with Gasteiger partial charge >= 0.3 is 0 Å². The molecular formula is C24H23N5O. The highest BCUT2D eigenvalue weighted by Crippen LogP contribution is 2.29. The van der Waals surface area contributed by atoms with E-state index in [2.05, 4.69) is 39.0 Å². The fourth-order valence-electron chi connectivity index (χ4n) is 4.08. The van der Waals surface area contributed by atoms with Crippen LogP contribution >= 0.6 is 0 Å². The van der Waals surface area contributed by atoms with Crippen molar-refractivity contribution in [1.29, 1.82) is 0 Å². The lowest BCUT2D eigenvalue weighted by atomic mass is 10.1. The minimum Gasteiger partial charge on any atom is -0.296 e. The van der Waals surface area contributed by atoms with E-state index in [0.717, 1.165) is 34.3 Å². The van der Waals surface area contributed by atoms with Crippen molar-refractivity contribution in [3.63, 3.8) is 0 Å². The summed E-state index contributed by atoms with van der Waals surface area (Å²) in [6.45, 7) is 8.22. The fraction of sp³-hybridized carbons (Fsp3) is 0.250. The Balaban J connectivity index is 2.00. The van der Waals surface area contributed by atoms with Crippen LogP contribution in [0.15, 0.2) is 53.6 Å². The maximum atomic E-state index is 13.5. The van der Waals surface area contributed by atoms with E-state index in [0.29, 0.717) is 22.2 Å². The summed E-state index contributed by atoms with van der Waals surface area (Å²) in [6, 6.07) is 14.1. The van der Waals surface area contributed by atoms with Crippen molar-refractivity contribution >= 4 is 33.2 Å². The molecule has 6 heteroatoms. The van der Waals surface area contributed by atoms with Crippen LogP contribution in [0.25, 0.3) is 38.9 Å². The van der Waals surface area contributed by atoms with Gasteiger partial charge in [0, 0.05) is 11.7 Å². The number of aryl methyl sites for hydroxylation is 2. The predicted octanol–water partition coefficient (Wildman–Crippen LogP) is 4.87. The highest BCUT2D eigenvalue weighted by molar-refractivity contribution is 6.05. The maximum Gasteiger partial charge on any atom is 0.265 e. The standard InChI is InChI=1S/C24H23N5O/c1-5-16(4)28-13-25-22-20(24(28)30)21-23(27-19-9-7-6-8-18(19)26-21)29(22)17-11-14(2)10-15(3)12-17/h6-13,16H,5H2,1-4H3. The van der Waals surface area contributed by atoms with Crippen LogP contribution in [0.5, 0.6) is 0 Å². The van der Waals surface area contributed by atoms with E-state index in [1.807, 2.05) is 35.8 Å². The maximum absolute atomic E-state index is 13.5. The molecule has 5 aromatic rings. The van der Waals surface area contributed by atoms with Crippen LogP contribution < -0.4 is 5.56 Å². The lowest BCUT2D eigenvalue weighted by molar-refractivity contribution is 0.510. The Morgan fingerprint density at radius 3 is 2.30 bits per heavy atom. The second-order valence-electron chi connectivity index (χ2n) is 7.98. The number of hydrogen-bond acceptors (Lipinski definition) is 4. The molecule has 0 amide bonds. The number of para-hydroxylation sites is 2. The van der Waals surface area contributed by atoms with Gasteiger partial charge in [0.2, 0.25) is 0 Å². The van der Waals surface area contributed by atoms with Gasteiger partial charge in [0.25, 0.3) is 5.56 Å². The van der Waals surface area contributed by atoms with Gasteiger partial charge in [0.1, 0.15) is 17.2 Å². The third-order valence-electron chi connectivity index (χ3n) is 5.72. The summed E-state index contributed by atoms with van der Waals surface area (Å²) in [5, 5.41) is 0.519. The zero-order valence-corrected chi connectivity index (χ0v) is 17.5. The normalized spacial score (nSPS) is 12.8. The Labute approximate surface area is 173 Å². The van der Waals surface area contributed by atoms with Crippen LogP contribution in [-0.4, -0.2) is 24.1 Å². The van der Waals surface area contributed by atoms with Crippen LogP contribution in [0.3, 0.4) is 0 Å². The SMILES string of the molecule is CCC(C)n1cnc2c(c1=O)c1nc3ccccc3nc1n2-c1cc(C)cc(C)c1. The van der Waals surface area contributed by atoms with E-state index >= 15 is 0 Å². The van der Waals surface area contributed by atoms with Crippen LogP contribution in [0.4, 0.5) is 0 Å². The van der Waals surface area contributed by atoms with Crippen LogP contribution in [0.2, 0.25) is 0 Å². The number of aromatic nitrogens is 5. The molecule has 0 N–H and O–H groups in total. The number of nitrogens with zero attached hydrogens (tertiary/aromatic N) is 5. The molecule has 3 heterocycles.